The number of nitrogens with two attached hydrogens (primary N) is 1. The van der Waals surface area contributed by atoms with Crippen LogP contribution < -0.4 is 5.73 Å². The minimum atomic E-state index is -4.92. The van der Waals surface area contributed by atoms with Crippen molar-refractivity contribution in [1.82, 2.24) is 0 Å². The molecule has 0 aromatic heterocycles. The van der Waals surface area contributed by atoms with Crippen molar-refractivity contribution in [3.05, 3.63) is 34.9 Å². The molecule has 0 bridgehead atoms. The largest absolute Gasteiger partial charge is 0.480 e. The Labute approximate surface area is 134 Å². The molecule has 1 aromatic rings. The summed E-state index contributed by atoms with van der Waals surface area (Å²) in [6.07, 6.45) is -9.92. The lowest BCUT2D eigenvalue weighted by atomic mass is 9.83. The summed E-state index contributed by atoms with van der Waals surface area (Å²) in [5.41, 5.74) is 2.42. The summed E-state index contributed by atoms with van der Waals surface area (Å²) < 4.78 is 77.1. The van der Waals surface area contributed by atoms with Crippen molar-refractivity contribution in [2.45, 2.75) is 44.6 Å². The van der Waals surface area contributed by atoms with Gasteiger partial charge in [0.05, 0.1) is 11.1 Å². The van der Waals surface area contributed by atoms with Gasteiger partial charge in [0.2, 0.25) is 0 Å². The fourth-order valence-corrected chi connectivity index (χ4v) is 2.28. The Bertz CT molecular complexity index is 564. The molecule has 0 radical (unpaired) electrons. The summed E-state index contributed by atoms with van der Waals surface area (Å²) in [7, 11) is 0. The van der Waals surface area contributed by atoms with Gasteiger partial charge in [-0.15, -0.1) is 0 Å². The molecule has 0 heterocycles. The molecule has 1 rings (SSSR count). The minimum absolute atomic E-state index is 0.0594. The zero-order chi connectivity index (χ0) is 18.9. The van der Waals surface area contributed by atoms with Gasteiger partial charge in [-0.1, -0.05) is 13.8 Å². The highest BCUT2D eigenvalue weighted by Gasteiger charge is 2.37. The predicted molar refractivity (Wildman–Crippen MR) is 74.3 cm³/mol. The molecule has 0 saturated heterocycles. The minimum Gasteiger partial charge on any atom is -0.480 e. The van der Waals surface area contributed by atoms with Crippen molar-refractivity contribution >= 4 is 5.97 Å². The van der Waals surface area contributed by atoms with E-state index in [9.17, 15) is 31.1 Å². The van der Waals surface area contributed by atoms with Gasteiger partial charge < -0.3 is 10.8 Å². The topological polar surface area (TPSA) is 63.3 Å². The number of hydrogen-bond donors (Lipinski definition) is 2. The summed E-state index contributed by atoms with van der Waals surface area (Å²) in [4.78, 5) is 10.7. The first-order valence-electron chi connectivity index (χ1n) is 7.01. The maximum atomic E-state index is 12.9. The van der Waals surface area contributed by atoms with Gasteiger partial charge in [0, 0.05) is 0 Å². The third-order valence-electron chi connectivity index (χ3n) is 3.93. The van der Waals surface area contributed by atoms with Crippen LogP contribution in [0.5, 0.6) is 0 Å². The van der Waals surface area contributed by atoms with E-state index in [-0.39, 0.29) is 18.1 Å². The first kappa shape index (κ1) is 20.3. The summed E-state index contributed by atoms with van der Waals surface area (Å²) in [5.74, 6) is -2.55. The predicted octanol–water partition coefficient (Wildman–Crippen LogP) is 4.27. The van der Waals surface area contributed by atoms with Crippen molar-refractivity contribution in [3.8, 4) is 0 Å². The molecule has 0 fully saturated rings. The molecular formula is C15H17F6NO2. The van der Waals surface area contributed by atoms with Gasteiger partial charge in [-0.25, -0.2) is 0 Å². The van der Waals surface area contributed by atoms with Crippen LogP contribution in [0.1, 0.15) is 42.9 Å². The van der Waals surface area contributed by atoms with Crippen LogP contribution in [0.4, 0.5) is 26.3 Å². The van der Waals surface area contributed by atoms with E-state index in [0.717, 1.165) is 0 Å². The van der Waals surface area contributed by atoms with Gasteiger partial charge in [0.15, 0.2) is 0 Å². The van der Waals surface area contributed by atoms with Gasteiger partial charge in [-0.3, -0.25) is 4.79 Å². The molecule has 0 aliphatic carbocycles. The molecular weight excluding hydrogens is 340 g/mol. The average molecular weight is 357 g/mol. The second-order valence-electron chi connectivity index (χ2n) is 5.79. The van der Waals surface area contributed by atoms with E-state index in [1.807, 2.05) is 0 Å². The van der Waals surface area contributed by atoms with Crippen molar-refractivity contribution < 1.29 is 36.2 Å². The molecule has 0 saturated carbocycles. The van der Waals surface area contributed by atoms with Crippen LogP contribution in [0.2, 0.25) is 0 Å². The Morgan fingerprint density at radius 1 is 1.04 bits per heavy atom. The number of benzene rings is 1. The lowest BCUT2D eigenvalue weighted by Gasteiger charge is -2.24. The molecule has 3 nitrogen and oxygen atoms in total. The normalized spacial score (nSPS) is 16.5. The number of hydrogen-bond acceptors (Lipinski definition) is 2. The average Bonchev–Trinajstić information content (AvgIpc) is 2.43. The molecule has 1 aromatic carbocycles. The Morgan fingerprint density at radius 3 is 1.79 bits per heavy atom. The Balaban J connectivity index is 3.24. The van der Waals surface area contributed by atoms with Gasteiger partial charge >= 0.3 is 18.3 Å². The van der Waals surface area contributed by atoms with Crippen LogP contribution in [-0.2, 0) is 17.1 Å². The molecule has 3 unspecified atom stereocenters. The first-order valence-corrected chi connectivity index (χ1v) is 7.01. The van der Waals surface area contributed by atoms with E-state index in [1.165, 1.54) is 13.8 Å². The maximum absolute atomic E-state index is 12.9. The highest BCUT2D eigenvalue weighted by Crippen LogP contribution is 2.39. The zero-order valence-corrected chi connectivity index (χ0v) is 12.9. The highest BCUT2D eigenvalue weighted by atomic mass is 19.4. The van der Waals surface area contributed by atoms with E-state index in [2.05, 4.69) is 0 Å². The Morgan fingerprint density at radius 2 is 1.46 bits per heavy atom. The smallest absolute Gasteiger partial charge is 0.416 e. The molecule has 0 amide bonds. The summed E-state index contributed by atoms with van der Waals surface area (Å²) in [6.45, 7) is 2.97. The van der Waals surface area contributed by atoms with Crippen LogP contribution in [-0.4, -0.2) is 17.1 Å². The number of carbonyl (C=O) groups is 1. The third kappa shape index (κ3) is 5.12. The second kappa shape index (κ2) is 7.00. The fourth-order valence-electron chi connectivity index (χ4n) is 2.28. The SMILES string of the molecule is CC(CC(N)C(=O)O)C(C)c1cc(C(F)(F)F)cc(C(F)(F)F)c1. The van der Waals surface area contributed by atoms with Crippen molar-refractivity contribution in [3.63, 3.8) is 0 Å². The molecule has 24 heavy (non-hydrogen) atoms. The van der Waals surface area contributed by atoms with Crippen molar-refractivity contribution in [1.29, 1.82) is 0 Å². The highest BCUT2D eigenvalue weighted by molar-refractivity contribution is 5.73. The zero-order valence-electron chi connectivity index (χ0n) is 12.9. The Kier molecular flexibility index (Phi) is 5.91. The standard InChI is InChI=1S/C15H17F6NO2/c1-7(3-12(22)13(23)24)8(2)9-4-10(14(16,17)18)6-11(5-9)15(19,20)21/h4-8,12H,3,22H2,1-2H3,(H,23,24). The van der Waals surface area contributed by atoms with Gasteiger partial charge in [0.1, 0.15) is 6.04 Å². The van der Waals surface area contributed by atoms with E-state index < -0.39 is 47.3 Å². The van der Waals surface area contributed by atoms with E-state index in [4.69, 9.17) is 10.8 Å². The van der Waals surface area contributed by atoms with E-state index >= 15 is 0 Å². The van der Waals surface area contributed by atoms with E-state index in [1.54, 1.807) is 0 Å². The fraction of sp³-hybridized carbons (Fsp3) is 0.533. The van der Waals surface area contributed by atoms with Crippen molar-refractivity contribution in [2.75, 3.05) is 0 Å². The molecule has 0 spiro atoms. The number of rotatable bonds is 5. The summed E-state index contributed by atoms with van der Waals surface area (Å²) >= 11 is 0. The number of carboxylic acids is 1. The molecule has 9 heteroatoms. The number of carboxylic acid groups (broad SMARTS) is 1. The molecule has 3 N–H and O–H groups in total. The monoisotopic (exact) mass is 357 g/mol. The molecule has 0 aliphatic heterocycles. The number of halogens is 6. The number of alkyl halides is 6. The first-order chi connectivity index (χ1) is 10.7. The van der Waals surface area contributed by atoms with Crippen LogP contribution in [0.3, 0.4) is 0 Å². The lowest BCUT2D eigenvalue weighted by molar-refractivity contribution is -0.143. The van der Waals surface area contributed by atoms with Crippen molar-refractivity contribution in [2.24, 2.45) is 11.7 Å². The van der Waals surface area contributed by atoms with E-state index in [0.29, 0.717) is 12.1 Å². The molecule has 3 atom stereocenters. The second-order valence-corrected chi connectivity index (χ2v) is 5.79. The maximum Gasteiger partial charge on any atom is 0.416 e. The van der Waals surface area contributed by atoms with Gasteiger partial charge in [-0.2, -0.15) is 26.3 Å². The quantitative estimate of drug-likeness (QED) is 0.774. The van der Waals surface area contributed by atoms with Crippen LogP contribution in [0.15, 0.2) is 18.2 Å². The summed E-state index contributed by atoms with van der Waals surface area (Å²) in [6, 6.07) is 0.130. The summed E-state index contributed by atoms with van der Waals surface area (Å²) in [5, 5.41) is 8.76. The molecule has 136 valence electrons. The lowest BCUT2D eigenvalue weighted by Crippen LogP contribution is -2.32. The Hall–Kier alpha value is -1.77. The van der Waals surface area contributed by atoms with Crippen LogP contribution >= 0.6 is 0 Å². The van der Waals surface area contributed by atoms with Gasteiger partial charge in [0.25, 0.3) is 0 Å². The third-order valence-corrected chi connectivity index (χ3v) is 3.93. The number of aliphatic carboxylic acids is 1. The van der Waals surface area contributed by atoms with Gasteiger partial charge in [-0.05, 0) is 42.0 Å². The van der Waals surface area contributed by atoms with Crippen LogP contribution in [0, 0.1) is 5.92 Å². The molecule has 0 aliphatic rings. The van der Waals surface area contributed by atoms with Crippen LogP contribution in [0.25, 0.3) is 0 Å².